The van der Waals surface area contributed by atoms with Crippen LogP contribution >= 0.6 is 11.6 Å². The van der Waals surface area contributed by atoms with Gasteiger partial charge in [0.2, 0.25) is 0 Å². The van der Waals surface area contributed by atoms with E-state index < -0.39 is 17.5 Å². The minimum atomic E-state index is -0.871. The number of carbonyl (C=O) groups is 2. The number of esters is 1. The van der Waals surface area contributed by atoms with Crippen molar-refractivity contribution in [3.8, 4) is 0 Å². The third-order valence-corrected chi connectivity index (χ3v) is 4.52. The van der Waals surface area contributed by atoms with Gasteiger partial charge in [-0.2, -0.15) is 0 Å². The quantitative estimate of drug-likeness (QED) is 0.466. The highest BCUT2D eigenvalue weighted by atomic mass is 35.5. The molecule has 26 heavy (non-hydrogen) atoms. The maximum Gasteiger partial charge on any atom is 0.340 e. The monoisotopic (exact) mass is 374 g/mol. The Morgan fingerprint density at radius 1 is 1.19 bits per heavy atom. The Balaban J connectivity index is 1.62. The average Bonchev–Trinajstić information content (AvgIpc) is 2.65. The number of nitro groups is 1. The molecule has 1 amide bonds. The number of carbonyl (C=O) groups excluding carboxylic acids is 2. The van der Waals surface area contributed by atoms with Gasteiger partial charge in [-0.05, 0) is 23.6 Å². The van der Waals surface area contributed by atoms with Gasteiger partial charge in [-0.1, -0.05) is 35.9 Å². The number of ether oxygens (including phenoxy) is 1. The van der Waals surface area contributed by atoms with Gasteiger partial charge in [-0.3, -0.25) is 14.9 Å². The van der Waals surface area contributed by atoms with Gasteiger partial charge in [0.15, 0.2) is 6.61 Å². The van der Waals surface area contributed by atoms with Crippen LogP contribution in [-0.4, -0.2) is 34.9 Å². The van der Waals surface area contributed by atoms with Gasteiger partial charge in [0, 0.05) is 25.2 Å². The molecule has 0 saturated carbocycles. The zero-order chi connectivity index (χ0) is 18.7. The minimum Gasteiger partial charge on any atom is -0.452 e. The van der Waals surface area contributed by atoms with E-state index in [-0.39, 0.29) is 22.2 Å². The number of rotatable bonds is 4. The Hall–Kier alpha value is -2.93. The minimum absolute atomic E-state index is 0.0277. The molecule has 3 rings (SSSR count). The first-order chi connectivity index (χ1) is 12.5. The molecule has 1 aliphatic rings. The third-order valence-electron chi connectivity index (χ3n) is 4.19. The molecule has 8 heteroatoms. The number of fused-ring (bicyclic) bond motifs is 1. The normalized spacial score (nSPS) is 13.0. The molecular formula is C18H15ClN2O5. The molecule has 2 aromatic rings. The zero-order valence-electron chi connectivity index (χ0n) is 13.7. The second-order valence-electron chi connectivity index (χ2n) is 5.83. The van der Waals surface area contributed by atoms with E-state index >= 15 is 0 Å². The molecule has 2 aromatic carbocycles. The van der Waals surface area contributed by atoms with Crippen LogP contribution in [0.4, 0.5) is 5.69 Å². The summed E-state index contributed by atoms with van der Waals surface area (Å²) in [6.07, 6.45) is 0.743. The molecule has 0 aliphatic carbocycles. The number of nitrogens with zero attached hydrogens (tertiary/aromatic N) is 2. The highest BCUT2D eigenvalue weighted by Gasteiger charge is 2.23. The van der Waals surface area contributed by atoms with E-state index in [1.165, 1.54) is 17.7 Å². The topological polar surface area (TPSA) is 89.8 Å². The molecular weight excluding hydrogens is 360 g/mol. The van der Waals surface area contributed by atoms with Crippen LogP contribution in [0, 0.1) is 10.1 Å². The molecule has 0 radical (unpaired) electrons. The van der Waals surface area contributed by atoms with E-state index in [1.54, 1.807) is 4.90 Å². The molecule has 0 saturated heterocycles. The molecule has 7 nitrogen and oxygen atoms in total. The summed E-state index contributed by atoms with van der Waals surface area (Å²) < 4.78 is 5.01. The number of halogens is 1. The van der Waals surface area contributed by atoms with Gasteiger partial charge < -0.3 is 9.64 Å². The molecule has 0 aromatic heterocycles. The fourth-order valence-corrected chi connectivity index (χ4v) is 2.98. The molecule has 0 fully saturated rings. The second kappa shape index (κ2) is 7.53. The first kappa shape index (κ1) is 17.9. The van der Waals surface area contributed by atoms with E-state index in [4.69, 9.17) is 16.3 Å². The number of non-ortho nitro benzene ring substituents is 1. The molecule has 1 heterocycles. The van der Waals surface area contributed by atoms with E-state index in [1.807, 2.05) is 24.3 Å². The van der Waals surface area contributed by atoms with E-state index in [2.05, 4.69) is 0 Å². The summed E-state index contributed by atoms with van der Waals surface area (Å²) in [5.74, 6) is -1.20. The number of nitro benzene ring substituents is 1. The Labute approximate surface area is 154 Å². The lowest BCUT2D eigenvalue weighted by atomic mass is 10.00. The molecule has 1 aliphatic heterocycles. The van der Waals surface area contributed by atoms with Crippen molar-refractivity contribution in [2.24, 2.45) is 0 Å². The summed E-state index contributed by atoms with van der Waals surface area (Å²) >= 11 is 5.90. The van der Waals surface area contributed by atoms with Crippen LogP contribution < -0.4 is 0 Å². The SMILES string of the molecule is O=C(OCC(=O)N1CCc2ccccc2C1)c1cc([N+](=O)[O-])ccc1Cl. The summed E-state index contributed by atoms with van der Waals surface area (Å²) in [5, 5.41) is 10.8. The van der Waals surface area contributed by atoms with Gasteiger partial charge in [0.25, 0.3) is 11.6 Å². The summed E-state index contributed by atoms with van der Waals surface area (Å²) in [7, 11) is 0. The summed E-state index contributed by atoms with van der Waals surface area (Å²) in [6, 6.07) is 11.3. The van der Waals surface area contributed by atoms with Gasteiger partial charge in [0.1, 0.15) is 0 Å². The van der Waals surface area contributed by atoms with Crippen LogP contribution in [0.5, 0.6) is 0 Å². The Morgan fingerprint density at radius 2 is 1.92 bits per heavy atom. The maximum absolute atomic E-state index is 12.3. The van der Waals surface area contributed by atoms with Crippen molar-refractivity contribution in [1.82, 2.24) is 4.90 Å². The fourth-order valence-electron chi connectivity index (χ4n) is 2.79. The van der Waals surface area contributed by atoms with Crippen molar-refractivity contribution in [1.29, 1.82) is 0 Å². The van der Waals surface area contributed by atoms with E-state index in [9.17, 15) is 19.7 Å². The standard InChI is InChI=1S/C18H15ClN2O5/c19-16-6-5-14(21(24)25)9-15(16)18(23)26-11-17(22)20-8-7-12-3-1-2-4-13(12)10-20/h1-6,9H,7-8,10-11H2. The van der Waals surface area contributed by atoms with Gasteiger partial charge in [-0.25, -0.2) is 4.79 Å². The summed E-state index contributed by atoms with van der Waals surface area (Å²) in [6.45, 7) is 0.565. The number of hydrogen-bond donors (Lipinski definition) is 0. The number of amides is 1. The lowest BCUT2D eigenvalue weighted by Crippen LogP contribution is -2.38. The van der Waals surface area contributed by atoms with Crippen LogP contribution in [0.3, 0.4) is 0 Å². The van der Waals surface area contributed by atoms with Crippen LogP contribution in [0.25, 0.3) is 0 Å². The van der Waals surface area contributed by atoms with Crippen molar-refractivity contribution in [2.45, 2.75) is 13.0 Å². The van der Waals surface area contributed by atoms with E-state index in [0.717, 1.165) is 18.1 Å². The highest BCUT2D eigenvalue weighted by Crippen LogP contribution is 2.23. The summed E-state index contributed by atoms with van der Waals surface area (Å²) in [5.41, 5.74) is 1.86. The predicted octanol–water partition coefficient (Wildman–Crippen LogP) is 2.99. The van der Waals surface area contributed by atoms with Gasteiger partial charge >= 0.3 is 5.97 Å². The van der Waals surface area contributed by atoms with Crippen LogP contribution in [0.2, 0.25) is 5.02 Å². The number of benzene rings is 2. The highest BCUT2D eigenvalue weighted by molar-refractivity contribution is 6.33. The first-order valence-corrected chi connectivity index (χ1v) is 8.29. The van der Waals surface area contributed by atoms with Crippen molar-refractivity contribution in [2.75, 3.05) is 13.2 Å². The largest absolute Gasteiger partial charge is 0.452 e. The lowest BCUT2D eigenvalue weighted by Gasteiger charge is -2.28. The fraction of sp³-hybridized carbons (Fsp3) is 0.222. The first-order valence-electron chi connectivity index (χ1n) is 7.91. The Morgan fingerprint density at radius 3 is 2.65 bits per heavy atom. The Kier molecular flexibility index (Phi) is 5.18. The average molecular weight is 375 g/mol. The van der Waals surface area contributed by atoms with Crippen LogP contribution in [-0.2, 0) is 22.5 Å². The zero-order valence-corrected chi connectivity index (χ0v) is 14.4. The molecule has 0 N–H and O–H groups in total. The van der Waals surface area contributed by atoms with Crippen LogP contribution in [0.1, 0.15) is 21.5 Å². The molecule has 0 bridgehead atoms. The lowest BCUT2D eigenvalue weighted by molar-refractivity contribution is -0.384. The smallest absolute Gasteiger partial charge is 0.340 e. The van der Waals surface area contributed by atoms with Gasteiger partial charge in [0.05, 0.1) is 15.5 Å². The maximum atomic E-state index is 12.3. The van der Waals surface area contributed by atoms with Crippen LogP contribution in [0.15, 0.2) is 42.5 Å². The van der Waals surface area contributed by atoms with Crippen molar-refractivity contribution < 1.29 is 19.2 Å². The molecule has 134 valence electrons. The Bertz CT molecular complexity index is 884. The predicted molar refractivity (Wildman–Crippen MR) is 94.0 cm³/mol. The van der Waals surface area contributed by atoms with E-state index in [0.29, 0.717) is 13.1 Å². The van der Waals surface area contributed by atoms with Crippen molar-refractivity contribution >= 4 is 29.2 Å². The molecule has 0 atom stereocenters. The second-order valence-corrected chi connectivity index (χ2v) is 6.24. The molecule has 0 spiro atoms. The van der Waals surface area contributed by atoms with Gasteiger partial charge in [-0.15, -0.1) is 0 Å². The number of hydrogen-bond acceptors (Lipinski definition) is 5. The van der Waals surface area contributed by atoms with Crippen molar-refractivity contribution in [3.05, 3.63) is 74.3 Å². The third kappa shape index (κ3) is 3.83. The van der Waals surface area contributed by atoms with Crippen molar-refractivity contribution in [3.63, 3.8) is 0 Å². The molecule has 0 unspecified atom stereocenters. The summed E-state index contributed by atoms with van der Waals surface area (Å²) in [4.78, 5) is 36.2.